The molecular formula is C19H24N4O4. The Morgan fingerprint density at radius 3 is 2.15 bits per heavy atom. The molecule has 0 unspecified atom stereocenters. The van der Waals surface area contributed by atoms with Gasteiger partial charge in [0.2, 0.25) is 5.91 Å². The second kappa shape index (κ2) is 9.35. The highest BCUT2D eigenvalue weighted by molar-refractivity contribution is 5.80. The lowest BCUT2D eigenvalue weighted by Crippen LogP contribution is -2.54. The molecule has 3 rings (SSSR count). The minimum atomic E-state index is -0.0976. The van der Waals surface area contributed by atoms with Crippen molar-refractivity contribution < 1.29 is 19.1 Å². The van der Waals surface area contributed by atoms with E-state index in [-0.39, 0.29) is 18.4 Å². The van der Waals surface area contributed by atoms with Gasteiger partial charge < -0.3 is 19.3 Å². The predicted molar refractivity (Wildman–Crippen MR) is 97.1 cm³/mol. The first-order valence-electron chi connectivity index (χ1n) is 9.14. The number of carbonyl (C=O) groups excluding carboxylic acids is 2. The molecule has 0 N–H and O–H groups in total. The quantitative estimate of drug-likeness (QED) is 0.720. The maximum Gasteiger partial charge on any atom is 0.260 e. The number of piperazine rings is 1. The standard InChI is InChI=1S/C19H24N4O4/c20-13-16-1-3-17(4-2-16)27-15-19(25)23-7-5-22(6-8-23)18(24)14-21-9-11-26-12-10-21/h1-4H,5-12,14-15H2. The molecule has 8 heteroatoms. The topological polar surface area (TPSA) is 86.1 Å². The summed E-state index contributed by atoms with van der Waals surface area (Å²) in [4.78, 5) is 30.4. The first kappa shape index (κ1) is 19.1. The average Bonchev–Trinajstić information content (AvgIpc) is 2.73. The first-order chi connectivity index (χ1) is 13.2. The van der Waals surface area contributed by atoms with Crippen molar-refractivity contribution in [3.8, 4) is 11.8 Å². The van der Waals surface area contributed by atoms with Crippen molar-refractivity contribution in [1.29, 1.82) is 5.26 Å². The fourth-order valence-corrected chi connectivity index (χ4v) is 3.12. The minimum absolute atomic E-state index is 0.0480. The Morgan fingerprint density at radius 1 is 0.963 bits per heavy atom. The lowest BCUT2D eigenvalue weighted by molar-refractivity contribution is -0.141. The number of hydrogen-bond acceptors (Lipinski definition) is 6. The highest BCUT2D eigenvalue weighted by Gasteiger charge is 2.25. The van der Waals surface area contributed by atoms with Crippen molar-refractivity contribution >= 4 is 11.8 Å². The molecule has 8 nitrogen and oxygen atoms in total. The number of carbonyl (C=O) groups is 2. The van der Waals surface area contributed by atoms with Crippen LogP contribution in [0.2, 0.25) is 0 Å². The summed E-state index contributed by atoms with van der Waals surface area (Å²) in [6.45, 7) is 5.43. The molecule has 2 heterocycles. The third-order valence-electron chi connectivity index (χ3n) is 4.79. The van der Waals surface area contributed by atoms with Crippen molar-refractivity contribution in [3.63, 3.8) is 0 Å². The zero-order chi connectivity index (χ0) is 19.1. The fraction of sp³-hybridized carbons (Fsp3) is 0.526. The van der Waals surface area contributed by atoms with Gasteiger partial charge in [-0.3, -0.25) is 14.5 Å². The van der Waals surface area contributed by atoms with Crippen LogP contribution in [0.4, 0.5) is 0 Å². The molecule has 2 fully saturated rings. The molecule has 27 heavy (non-hydrogen) atoms. The highest BCUT2D eigenvalue weighted by Crippen LogP contribution is 2.12. The number of nitrogens with zero attached hydrogens (tertiary/aromatic N) is 4. The van der Waals surface area contributed by atoms with Gasteiger partial charge in [0.1, 0.15) is 5.75 Å². The van der Waals surface area contributed by atoms with E-state index >= 15 is 0 Å². The van der Waals surface area contributed by atoms with Crippen LogP contribution in [-0.2, 0) is 14.3 Å². The van der Waals surface area contributed by atoms with Gasteiger partial charge in [0.25, 0.3) is 5.91 Å². The largest absolute Gasteiger partial charge is 0.484 e. The number of morpholine rings is 1. The lowest BCUT2D eigenvalue weighted by Gasteiger charge is -2.36. The van der Waals surface area contributed by atoms with E-state index in [9.17, 15) is 9.59 Å². The molecule has 0 saturated carbocycles. The Balaban J connectivity index is 1.39. The molecule has 0 bridgehead atoms. The molecule has 0 radical (unpaired) electrons. The van der Waals surface area contributed by atoms with Crippen molar-refractivity contribution in [1.82, 2.24) is 14.7 Å². The van der Waals surface area contributed by atoms with Crippen LogP contribution in [0, 0.1) is 11.3 Å². The second-order valence-electron chi connectivity index (χ2n) is 6.57. The summed E-state index contributed by atoms with van der Waals surface area (Å²) in [5.41, 5.74) is 0.548. The Morgan fingerprint density at radius 2 is 1.56 bits per heavy atom. The Hall–Kier alpha value is -2.63. The van der Waals surface area contributed by atoms with Gasteiger partial charge in [-0.25, -0.2) is 0 Å². The zero-order valence-corrected chi connectivity index (χ0v) is 15.3. The molecule has 0 aromatic heterocycles. The van der Waals surface area contributed by atoms with E-state index in [4.69, 9.17) is 14.7 Å². The van der Waals surface area contributed by atoms with Gasteiger partial charge in [0.15, 0.2) is 6.61 Å². The van der Waals surface area contributed by atoms with E-state index in [1.54, 1.807) is 29.2 Å². The number of ether oxygens (including phenoxy) is 2. The van der Waals surface area contributed by atoms with Crippen LogP contribution in [0.5, 0.6) is 5.75 Å². The molecule has 2 aliphatic heterocycles. The van der Waals surface area contributed by atoms with E-state index < -0.39 is 0 Å². The van der Waals surface area contributed by atoms with Crippen LogP contribution in [0.3, 0.4) is 0 Å². The molecule has 2 amide bonds. The molecule has 144 valence electrons. The van der Waals surface area contributed by atoms with E-state index in [1.807, 2.05) is 11.0 Å². The summed E-state index contributed by atoms with van der Waals surface area (Å²) in [6, 6.07) is 8.69. The van der Waals surface area contributed by atoms with E-state index in [0.717, 1.165) is 13.1 Å². The number of hydrogen-bond donors (Lipinski definition) is 0. The van der Waals surface area contributed by atoms with Gasteiger partial charge in [-0.05, 0) is 24.3 Å². The summed E-state index contributed by atoms with van der Waals surface area (Å²) in [5.74, 6) is 0.569. The van der Waals surface area contributed by atoms with Crippen molar-refractivity contribution in [2.75, 3.05) is 65.6 Å². The smallest absolute Gasteiger partial charge is 0.260 e. The van der Waals surface area contributed by atoms with Crippen LogP contribution in [-0.4, -0.2) is 92.1 Å². The van der Waals surface area contributed by atoms with Crippen LogP contribution in [0.1, 0.15) is 5.56 Å². The molecule has 1 aromatic carbocycles. The molecule has 0 atom stereocenters. The molecule has 2 saturated heterocycles. The fourth-order valence-electron chi connectivity index (χ4n) is 3.12. The molecular weight excluding hydrogens is 348 g/mol. The highest BCUT2D eigenvalue weighted by atomic mass is 16.5. The van der Waals surface area contributed by atoms with Crippen molar-refractivity contribution in [2.45, 2.75) is 0 Å². The lowest BCUT2D eigenvalue weighted by atomic mass is 10.2. The Kier molecular flexibility index (Phi) is 6.63. The van der Waals surface area contributed by atoms with Crippen LogP contribution >= 0.6 is 0 Å². The zero-order valence-electron chi connectivity index (χ0n) is 15.3. The predicted octanol–water partition coefficient (Wildman–Crippen LogP) is -0.0599. The number of nitriles is 1. The van der Waals surface area contributed by atoms with Crippen molar-refractivity contribution in [2.24, 2.45) is 0 Å². The molecule has 2 aliphatic rings. The van der Waals surface area contributed by atoms with E-state index in [2.05, 4.69) is 4.90 Å². The van der Waals surface area contributed by atoms with Crippen LogP contribution < -0.4 is 4.74 Å². The van der Waals surface area contributed by atoms with Gasteiger partial charge in [0.05, 0.1) is 31.4 Å². The number of rotatable bonds is 5. The summed E-state index contributed by atoms with van der Waals surface area (Å²) >= 11 is 0. The average molecular weight is 372 g/mol. The first-order valence-corrected chi connectivity index (χ1v) is 9.14. The summed E-state index contributed by atoms with van der Waals surface area (Å²) < 4.78 is 10.8. The number of benzene rings is 1. The summed E-state index contributed by atoms with van der Waals surface area (Å²) in [7, 11) is 0. The van der Waals surface area contributed by atoms with Crippen molar-refractivity contribution in [3.05, 3.63) is 29.8 Å². The van der Waals surface area contributed by atoms with E-state index in [0.29, 0.717) is 57.3 Å². The summed E-state index contributed by atoms with van der Waals surface area (Å²) in [6.07, 6.45) is 0. The third-order valence-corrected chi connectivity index (χ3v) is 4.79. The van der Waals surface area contributed by atoms with Crippen LogP contribution in [0.15, 0.2) is 24.3 Å². The van der Waals surface area contributed by atoms with E-state index in [1.165, 1.54) is 0 Å². The van der Waals surface area contributed by atoms with Gasteiger partial charge in [-0.1, -0.05) is 0 Å². The molecule has 0 aliphatic carbocycles. The molecule has 0 spiro atoms. The normalized spacial score (nSPS) is 18.0. The minimum Gasteiger partial charge on any atom is -0.484 e. The van der Waals surface area contributed by atoms with Gasteiger partial charge in [0, 0.05) is 39.3 Å². The monoisotopic (exact) mass is 372 g/mol. The van der Waals surface area contributed by atoms with Gasteiger partial charge in [-0.2, -0.15) is 5.26 Å². The van der Waals surface area contributed by atoms with Gasteiger partial charge in [-0.15, -0.1) is 0 Å². The van der Waals surface area contributed by atoms with Crippen LogP contribution in [0.25, 0.3) is 0 Å². The maximum absolute atomic E-state index is 12.4. The Labute approximate surface area is 158 Å². The second-order valence-corrected chi connectivity index (χ2v) is 6.57. The molecule has 1 aromatic rings. The third kappa shape index (κ3) is 5.42. The van der Waals surface area contributed by atoms with Gasteiger partial charge >= 0.3 is 0 Å². The Bertz CT molecular complexity index is 687. The summed E-state index contributed by atoms with van der Waals surface area (Å²) in [5, 5.41) is 8.78. The SMILES string of the molecule is N#Cc1ccc(OCC(=O)N2CCN(C(=O)CN3CCOCC3)CC2)cc1. The maximum atomic E-state index is 12.4. The number of amides is 2.